The second kappa shape index (κ2) is 14.0. The van der Waals surface area contributed by atoms with E-state index >= 15 is 0 Å². The van der Waals surface area contributed by atoms with Gasteiger partial charge in [0.1, 0.15) is 0 Å². The van der Waals surface area contributed by atoms with Gasteiger partial charge in [-0.25, -0.2) is 0 Å². The van der Waals surface area contributed by atoms with Crippen molar-refractivity contribution in [2.45, 2.75) is 46.0 Å². The predicted octanol–water partition coefficient (Wildman–Crippen LogP) is 15.1. The van der Waals surface area contributed by atoms with Crippen molar-refractivity contribution >= 4 is 32.3 Å². The smallest absolute Gasteiger partial charge is 0.174 e. The van der Waals surface area contributed by atoms with Gasteiger partial charge < -0.3 is 9.47 Å². The van der Waals surface area contributed by atoms with Crippen molar-refractivity contribution in [1.82, 2.24) is 0 Å². The Hall–Kier alpha value is -6.38. The average Bonchev–Trinajstić information content (AvgIpc) is 3.47. The molecule has 0 saturated carbocycles. The number of fused-ring (bicyclic) bond motifs is 12. The highest BCUT2D eigenvalue weighted by Gasteiger charge is 2.47. The second-order valence-corrected chi connectivity index (χ2v) is 15.7. The maximum Gasteiger partial charge on any atom is 0.174 e. The molecule has 0 aromatic heterocycles. The largest absolute Gasteiger partial charge is 0.449 e. The van der Waals surface area contributed by atoms with Crippen LogP contribution in [0.1, 0.15) is 55.0 Å². The molecule has 2 heteroatoms. The summed E-state index contributed by atoms with van der Waals surface area (Å²) in [5.74, 6) is 3.95. The molecular weight excluding hydrogens is 681 g/mol. The van der Waals surface area contributed by atoms with E-state index in [1.807, 2.05) is 0 Å². The van der Waals surface area contributed by atoms with Gasteiger partial charge in [0.2, 0.25) is 0 Å². The van der Waals surface area contributed by atoms with Crippen molar-refractivity contribution in [3.8, 4) is 34.1 Å². The minimum atomic E-state index is 0. The maximum absolute atomic E-state index is 6.60. The molecule has 0 radical (unpaired) electrons. The monoisotopic (exact) mass is 726 g/mol. The first-order chi connectivity index (χ1) is 26.9. The lowest BCUT2D eigenvalue weighted by molar-refractivity contribution is 0.354. The van der Waals surface area contributed by atoms with Gasteiger partial charge in [-0.15, -0.1) is 0 Å². The van der Waals surface area contributed by atoms with Gasteiger partial charge in [0, 0.05) is 11.5 Å². The minimum absolute atomic E-state index is 0. The Kier molecular flexibility index (Phi) is 8.86. The van der Waals surface area contributed by atoms with E-state index in [2.05, 4.69) is 197 Å². The van der Waals surface area contributed by atoms with Crippen molar-refractivity contribution in [2.24, 2.45) is 5.92 Å². The Morgan fingerprint density at radius 2 is 1.16 bits per heavy atom. The van der Waals surface area contributed by atoms with Gasteiger partial charge in [0.25, 0.3) is 0 Å². The van der Waals surface area contributed by atoms with Crippen molar-refractivity contribution in [1.29, 1.82) is 0 Å². The van der Waals surface area contributed by atoms with Gasteiger partial charge in [0.05, 0.1) is 0 Å². The zero-order chi connectivity index (χ0) is 37.1. The zero-order valence-electron chi connectivity index (χ0n) is 31.4. The summed E-state index contributed by atoms with van der Waals surface area (Å²) >= 11 is 0. The molecule has 11 rings (SSSR count). The third-order valence-electron chi connectivity index (χ3n) is 12.0. The molecule has 0 saturated heterocycles. The molecule has 0 spiro atoms. The molecule has 0 fully saturated rings. The van der Waals surface area contributed by atoms with Crippen LogP contribution in [0.2, 0.25) is 0 Å². The van der Waals surface area contributed by atoms with Crippen molar-refractivity contribution in [3.05, 3.63) is 204 Å². The van der Waals surface area contributed by atoms with Crippen LogP contribution in [-0.2, 0) is 11.8 Å². The molecule has 8 aromatic carbocycles. The Bertz CT molecular complexity index is 2810. The summed E-state index contributed by atoms with van der Waals surface area (Å²) in [5, 5.41) is 8.08. The van der Waals surface area contributed by atoms with E-state index in [4.69, 9.17) is 9.47 Å². The number of rotatable bonds is 3. The van der Waals surface area contributed by atoms with Gasteiger partial charge in [-0.1, -0.05) is 185 Å². The van der Waals surface area contributed by atoms with E-state index in [9.17, 15) is 0 Å². The lowest BCUT2D eigenvalue weighted by Crippen LogP contribution is -2.24. The lowest BCUT2D eigenvalue weighted by atomic mass is 9.74. The van der Waals surface area contributed by atoms with E-state index in [-0.39, 0.29) is 12.8 Å². The normalized spacial score (nSPS) is 16.7. The standard InChI is InChI=1S/C34H28O2.C19H14.CH4/c1-34(2)27-15-9-8-14-26(27)32-28(34)17-19-30-33(32)36-29-18-16-24(21-31(29)35-30)25-13-7-6-12-23(25)20-22-10-4-3-5-11-22;1-13-10-11-18-16-8-3-2-6-14(16)15-7-4-5-9-17(15)19(18)12-13;/h3-19,21,26-27H,20H2,1-2H3;2-12H,1H3;1H4. The Morgan fingerprint density at radius 3 is 1.91 bits per heavy atom. The molecule has 2 nitrogen and oxygen atoms in total. The van der Waals surface area contributed by atoms with Crippen LogP contribution in [0.3, 0.4) is 0 Å². The summed E-state index contributed by atoms with van der Waals surface area (Å²) < 4.78 is 13.1. The first kappa shape index (κ1) is 35.3. The molecule has 2 aliphatic carbocycles. The molecule has 56 heavy (non-hydrogen) atoms. The van der Waals surface area contributed by atoms with Crippen LogP contribution in [0.5, 0.6) is 23.0 Å². The fourth-order valence-electron chi connectivity index (χ4n) is 9.27. The number of allylic oxidation sites excluding steroid dienone is 4. The van der Waals surface area contributed by atoms with E-state index < -0.39 is 0 Å². The second-order valence-electron chi connectivity index (χ2n) is 15.7. The molecule has 274 valence electrons. The molecule has 2 unspecified atom stereocenters. The van der Waals surface area contributed by atoms with Crippen LogP contribution in [-0.4, -0.2) is 0 Å². The zero-order valence-corrected chi connectivity index (χ0v) is 31.4. The molecule has 2 atom stereocenters. The Balaban J connectivity index is 0.000000172. The van der Waals surface area contributed by atoms with Crippen LogP contribution in [0.15, 0.2) is 176 Å². The SMILES string of the molecule is C.CC1(C)c2ccc3c(c2C2C=CC=CC21)Oc1ccc(-c2ccccc2Cc2ccccc2)cc1O3.Cc1ccc2c3ccccc3c3ccccc3c2c1. The number of benzene rings is 8. The van der Waals surface area contributed by atoms with Gasteiger partial charge in [0.15, 0.2) is 23.0 Å². The lowest BCUT2D eigenvalue weighted by Gasteiger charge is -2.29. The van der Waals surface area contributed by atoms with E-state index in [0.29, 0.717) is 11.8 Å². The summed E-state index contributed by atoms with van der Waals surface area (Å²) in [6.07, 6.45) is 9.87. The topological polar surface area (TPSA) is 18.5 Å². The first-order valence-electron chi connectivity index (χ1n) is 19.4. The van der Waals surface area contributed by atoms with Crippen LogP contribution < -0.4 is 9.47 Å². The number of ether oxygens (including phenoxy) is 2. The van der Waals surface area contributed by atoms with Crippen molar-refractivity contribution in [3.63, 3.8) is 0 Å². The van der Waals surface area contributed by atoms with Gasteiger partial charge in [-0.3, -0.25) is 0 Å². The average molecular weight is 727 g/mol. The highest BCUT2D eigenvalue weighted by Crippen LogP contribution is 2.60. The molecular formula is C54H46O2. The van der Waals surface area contributed by atoms with E-state index in [0.717, 1.165) is 35.0 Å². The predicted molar refractivity (Wildman–Crippen MR) is 236 cm³/mol. The highest BCUT2D eigenvalue weighted by atomic mass is 16.6. The fourth-order valence-corrected chi connectivity index (χ4v) is 9.27. The first-order valence-corrected chi connectivity index (χ1v) is 19.4. The van der Waals surface area contributed by atoms with Gasteiger partial charge in [-0.2, -0.15) is 0 Å². The third kappa shape index (κ3) is 5.88. The minimum Gasteiger partial charge on any atom is -0.449 e. The van der Waals surface area contributed by atoms with Crippen LogP contribution in [0, 0.1) is 12.8 Å². The molecule has 3 aliphatic rings. The Morgan fingerprint density at radius 1 is 0.536 bits per heavy atom. The summed E-state index contributed by atoms with van der Waals surface area (Å²) in [6, 6.07) is 54.0. The molecule has 1 aliphatic heterocycles. The summed E-state index contributed by atoms with van der Waals surface area (Å²) in [4.78, 5) is 0. The van der Waals surface area contributed by atoms with E-state index in [1.165, 1.54) is 65.7 Å². The fraction of sp³-hybridized carbons (Fsp3) is 0.148. The molecule has 0 amide bonds. The summed E-state index contributed by atoms with van der Waals surface area (Å²) in [7, 11) is 0. The number of hydrogen-bond donors (Lipinski definition) is 0. The molecule has 0 N–H and O–H groups in total. The van der Waals surface area contributed by atoms with Gasteiger partial charge in [-0.05, 0) is 103 Å². The maximum atomic E-state index is 6.60. The molecule has 8 aromatic rings. The number of hydrogen-bond acceptors (Lipinski definition) is 2. The van der Waals surface area contributed by atoms with Crippen molar-refractivity contribution < 1.29 is 9.47 Å². The van der Waals surface area contributed by atoms with Crippen LogP contribution in [0.4, 0.5) is 0 Å². The summed E-state index contributed by atoms with van der Waals surface area (Å²) in [6.45, 7) is 6.83. The summed E-state index contributed by atoms with van der Waals surface area (Å²) in [5.41, 5.74) is 8.94. The highest BCUT2D eigenvalue weighted by molar-refractivity contribution is 6.25. The Labute approximate surface area is 330 Å². The third-order valence-corrected chi connectivity index (χ3v) is 12.0. The molecule has 1 heterocycles. The molecule has 0 bridgehead atoms. The van der Waals surface area contributed by atoms with Crippen LogP contribution >= 0.6 is 0 Å². The van der Waals surface area contributed by atoms with Crippen molar-refractivity contribution in [2.75, 3.05) is 0 Å². The quantitative estimate of drug-likeness (QED) is 0.169. The number of aryl methyl sites for hydroxylation is 1. The van der Waals surface area contributed by atoms with E-state index in [1.54, 1.807) is 0 Å². The van der Waals surface area contributed by atoms with Gasteiger partial charge >= 0.3 is 0 Å². The van der Waals surface area contributed by atoms with Crippen LogP contribution in [0.25, 0.3) is 43.4 Å².